The van der Waals surface area contributed by atoms with Crippen molar-refractivity contribution < 1.29 is 0 Å². The molecule has 1 aromatic carbocycles. The summed E-state index contributed by atoms with van der Waals surface area (Å²) in [5.41, 5.74) is 7.63. The lowest BCUT2D eigenvalue weighted by atomic mass is 9.88. The number of hydrogen-bond donors (Lipinski definition) is 0. The molecule has 0 N–H and O–H groups in total. The summed E-state index contributed by atoms with van der Waals surface area (Å²) < 4.78 is 1.23. The van der Waals surface area contributed by atoms with Crippen LogP contribution in [-0.4, -0.2) is 9.97 Å². The molecule has 0 atom stereocenters. The quantitative estimate of drug-likeness (QED) is 0.525. The van der Waals surface area contributed by atoms with Gasteiger partial charge in [-0.05, 0) is 49.3 Å². The van der Waals surface area contributed by atoms with Crippen molar-refractivity contribution >= 4 is 21.6 Å². The van der Waals surface area contributed by atoms with Crippen molar-refractivity contribution in [1.29, 1.82) is 0 Å². The van der Waals surface area contributed by atoms with E-state index in [9.17, 15) is 0 Å². The Morgan fingerprint density at radius 2 is 1.64 bits per heavy atom. The van der Waals surface area contributed by atoms with Crippen molar-refractivity contribution in [3.8, 4) is 11.3 Å². The summed E-state index contributed by atoms with van der Waals surface area (Å²) >= 11 is 1.89. The molecule has 3 rings (SSSR count). The van der Waals surface area contributed by atoms with E-state index < -0.39 is 0 Å². The summed E-state index contributed by atoms with van der Waals surface area (Å²) in [6.45, 7) is 15.7. The lowest BCUT2D eigenvalue weighted by Gasteiger charge is -2.18. The Kier molecular flexibility index (Phi) is 4.72. The second-order valence-electron chi connectivity index (χ2n) is 8.61. The van der Waals surface area contributed by atoms with Gasteiger partial charge in [0.1, 0.15) is 6.33 Å². The van der Waals surface area contributed by atoms with Crippen LogP contribution in [0.4, 0.5) is 0 Å². The summed E-state index contributed by atoms with van der Waals surface area (Å²) in [4.78, 5) is 10.8. The molecule has 0 fully saturated rings. The van der Waals surface area contributed by atoms with Crippen LogP contribution in [0.3, 0.4) is 0 Å². The molecule has 0 bridgehead atoms. The first-order chi connectivity index (χ1) is 11.7. The van der Waals surface area contributed by atoms with Gasteiger partial charge in [0.25, 0.3) is 0 Å². The van der Waals surface area contributed by atoms with Gasteiger partial charge in [-0.1, -0.05) is 51.8 Å². The lowest BCUT2D eigenvalue weighted by Crippen LogP contribution is -2.09. The van der Waals surface area contributed by atoms with E-state index >= 15 is 0 Å². The van der Waals surface area contributed by atoms with Crippen molar-refractivity contribution in [3.05, 3.63) is 46.1 Å². The van der Waals surface area contributed by atoms with Gasteiger partial charge < -0.3 is 0 Å². The largest absolute Gasteiger partial charge is 0.235 e. The molecular weight excluding hydrogens is 324 g/mol. The van der Waals surface area contributed by atoms with Gasteiger partial charge in [0, 0.05) is 10.4 Å². The van der Waals surface area contributed by atoms with Crippen molar-refractivity contribution in [2.75, 3.05) is 0 Å². The minimum absolute atomic E-state index is 0.262. The minimum atomic E-state index is 0.262. The molecule has 2 heterocycles. The number of rotatable bonds is 3. The second kappa shape index (κ2) is 6.53. The van der Waals surface area contributed by atoms with E-state index in [4.69, 9.17) is 0 Å². The third kappa shape index (κ3) is 3.77. The number of fused-ring (bicyclic) bond motifs is 1. The lowest BCUT2D eigenvalue weighted by molar-refractivity contribution is 0.413. The topological polar surface area (TPSA) is 25.8 Å². The number of nitrogens with zero attached hydrogens (tertiary/aromatic N) is 2. The zero-order chi connectivity index (χ0) is 18.4. The molecule has 25 heavy (non-hydrogen) atoms. The zero-order valence-corrected chi connectivity index (χ0v) is 17.2. The smallest absolute Gasteiger partial charge is 0.116 e. The standard InChI is InChI=1S/C22H28N2S/c1-13(2)18-17(11-22(5,6)7)25-21-19(23-12-24-20(18)21)16-9-14(3)8-15(4)10-16/h8-10,12-13H,11H2,1-7H3. The number of hydrogen-bond acceptors (Lipinski definition) is 3. The third-order valence-corrected chi connectivity index (χ3v) is 5.55. The monoisotopic (exact) mass is 352 g/mol. The Labute approximate surface area is 155 Å². The van der Waals surface area contributed by atoms with E-state index in [1.807, 2.05) is 11.3 Å². The van der Waals surface area contributed by atoms with Crippen molar-refractivity contribution in [2.24, 2.45) is 5.41 Å². The minimum Gasteiger partial charge on any atom is -0.235 e. The molecule has 0 aliphatic rings. The highest BCUT2D eigenvalue weighted by Crippen LogP contribution is 2.41. The SMILES string of the molecule is Cc1cc(C)cc(-c2ncnc3c(C(C)C)c(CC(C)(C)C)sc23)c1. The normalized spacial score (nSPS) is 12.3. The van der Waals surface area contributed by atoms with Gasteiger partial charge in [-0.2, -0.15) is 0 Å². The third-order valence-electron chi connectivity index (χ3n) is 4.35. The average molecular weight is 353 g/mol. The summed E-state index contributed by atoms with van der Waals surface area (Å²) in [6.07, 6.45) is 2.81. The Bertz CT molecular complexity index is 893. The maximum Gasteiger partial charge on any atom is 0.116 e. The van der Waals surface area contributed by atoms with Crippen LogP contribution in [0.2, 0.25) is 0 Å². The van der Waals surface area contributed by atoms with Gasteiger partial charge in [0.15, 0.2) is 0 Å². The molecule has 0 saturated carbocycles. The molecule has 0 unspecified atom stereocenters. The molecule has 0 radical (unpaired) electrons. The van der Waals surface area contributed by atoms with Gasteiger partial charge in [0.2, 0.25) is 0 Å². The Morgan fingerprint density at radius 3 is 2.20 bits per heavy atom. The molecule has 0 spiro atoms. The van der Waals surface area contributed by atoms with Crippen molar-refractivity contribution in [1.82, 2.24) is 9.97 Å². The summed E-state index contributed by atoms with van der Waals surface area (Å²) in [7, 11) is 0. The number of aryl methyl sites for hydroxylation is 2. The maximum atomic E-state index is 4.68. The Balaban J connectivity index is 2.27. The van der Waals surface area contributed by atoms with Crippen LogP contribution in [0.5, 0.6) is 0 Å². The van der Waals surface area contributed by atoms with E-state index in [1.165, 1.54) is 31.8 Å². The fourth-order valence-electron chi connectivity index (χ4n) is 3.50. The van der Waals surface area contributed by atoms with Gasteiger partial charge in [-0.25, -0.2) is 9.97 Å². The molecular formula is C22H28N2S. The van der Waals surface area contributed by atoms with Crippen LogP contribution in [0.25, 0.3) is 21.5 Å². The van der Waals surface area contributed by atoms with Crippen LogP contribution >= 0.6 is 11.3 Å². The van der Waals surface area contributed by atoms with Crippen molar-refractivity contribution in [2.45, 2.75) is 60.8 Å². The van der Waals surface area contributed by atoms with E-state index in [2.05, 4.69) is 76.6 Å². The Hall–Kier alpha value is -1.74. The van der Waals surface area contributed by atoms with E-state index in [0.29, 0.717) is 5.92 Å². The van der Waals surface area contributed by atoms with Gasteiger partial charge in [-0.3, -0.25) is 0 Å². The second-order valence-corrected chi connectivity index (χ2v) is 9.71. The highest BCUT2D eigenvalue weighted by Gasteiger charge is 2.23. The Morgan fingerprint density at radius 1 is 1.00 bits per heavy atom. The predicted octanol–water partition coefficient (Wildman–Crippen LogP) is 6.69. The summed E-state index contributed by atoms with van der Waals surface area (Å²) in [5, 5.41) is 0. The molecule has 132 valence electrons. The molecule has 0 saturated heterocycles. The van der Waals surface area contributed by atoms with Gasteiger partial charge in [-0.15, -0.1) is 11.3 Å². The molecule has 0 aliphatic carbocycles. The molecule has 2 aromatic heterocycles. The predicted molar refractivity (Wildman–Crippen MR) is 110 cm³/mol. The summed E-state index contributed by atoms with van der Waals surface area (Å²) in [5.74, 6) is 0.466. The first-order valence-corrected chi connectivity index (χ1v) is 9.82. The van der Waals surface area contributed by atoms with Gasteiger partial charge in [0.05, 0.1) is 15.9 Å². The summed E-state index contributed by atoms with van der Waals surface area (Å²) in [6, 6.07) is 6.67. The van der Waals surface area contributed by atoms with E-state index in [0.717, 1.165) is 17.6 Å². The molecule has 3 aromatic rings. The van der Waals surface area contributed by atoms with Crippen LogP contribution in [0, 0.1) is 19.3 Å². The first kappa shape index (κ1) is 18.1. The fraction of sp³-hybridized carbons (Fsp3) is 0.455. The molecule has 2 nitrogen and oxygen atoms in total. The van der Waals surface area contributed by atoms with E-state index in [1.54, 1.807) is 6.33 Å². The number of thiophene rings is 1. The first-order valence-electron chi connectivity index (χ1n) is 9.00. The molecule has 0 amide bonds. The van der Waals surface area contributed by atoms with Crippen LogP contribution in [-0.2, 0) is 6.42 Å². The maximum absolute atomic E-state index is 4.68. The van der Waals surface area contributed by atoms with E-state index in [-0.39, 0.29) is 5.41 Å². The van der Waals surface area contributed by atoms with Gasteiger partial charge >= 0.3 is 0 Å². The van der Waals surface area contributed by atoms with Crippen molar-refractivity contribution in [3.63, 3.8) is 0 Å². The number of aromatic nitrogens is 2. The highest BCUT2D eigenvalue weighted by atomic mass is 32.1. The van der Waals surface area contributed by atoms with Crippen LogP contribution in [0.15, 0.2) is 24.5 Å². The van der Waals surface area contributed by atoms with Crippen LogP contribution in [0.1, 0.15) is 62.1 Å². The van der Waals surface area contributed by atoms with Crippen LogP contribution < -0.4 is 0 Å². The highest BCUT2D eigenvalue weighted by molar-refractivity contribution is 7.19. The number of benzene rings is 1. The molecule has 0 aliphatic heterocycles. The molecule has 3 heteroatoms. The average Bonchev–Trinajstić information content (AvgIpc) is 2.81. The fourth-order valence-corrected chi connectivity index (χ4v) is 5.22. The zero-order valence-electron chi connectivity index (χ0n) is 16.4.